The zero-order chi connectivity index (χ0) is 15.6. The van der Waals surface area contributed by atoms with Crippen LogP contribution in [0, 0.1) is 6.92 Å². The molecule has 2 aromatic carbocycles. The van der Waals surface area contributed by atoms with Crippen molar-refractivity contribution in [1.29, 1.82) is 0 Å². The number of halogens is 2. The molecule has 2 N–H and O–H groups in total. The van der Waals surface area contributed by atoms with E-state index in [0.717, 1.165) is 5.56 Å². The zero-order valence-corrected chi connectivity index (χ0v) is 13.2. The number of carbonyl (C=O) groups is 1. The van der Waals surface area contributed by atoms with Crippen molar-refractivity contribution >= 4 is 34.9 Å². The molecular formula is C16H15Cl2NO2. The van der Waals surface area contributed by atoms with Crippen molar-refractivity contribution in [1.82, 2.24) is 0 Å². The summed E-state index contributed by atoms with van der Waals surface area (Å²) in [5.74, 6) is -1.03. The molecule has 110 valence electrons. The molecule has 0 bridgehead atoms. The number of hydrogen-bond acceptors (Lipinski definition) is 2. The first-order valence-electron chi connectivity index (χ1n) is 6.37. The Morgan fingerprint density at radius 1 is 1.19 bits per heavy atom. The lowest BCUT2D eigenvalue weighted by molar-refractivity contribution is -0.142. The van der Waals surface area contributed by atoms with Gasteiger partial charge in [-0.15, -0.1) is 0 Å². The van der Waals surface area contributed by atoms with E-state index >= 15 is 0 Å². The van der Waals surface area contributed by atoms with E-state index in [0.29, 0.717) is 21.3 Å². The summed E-state index contributed by atoms with van der Waals surface area (Å²) in [6, 6.07) is 12.3. The molecule has 0 heterocycles. The first-order chi connectivity index (χ1) is 9.83. The molecule has 0 aliphatic carbocycles. The smallest absolute Gasteiger partial charge is 0.333 e. The van der Waals surface area contributed by atoms with Crippen LogP contribution in [0.1, 0.15) is 18.1 Å². The summed E-state index contributed by atoms with van der Waals surface area (Å²) in [5, 5.41) is 13.5. The largest absolute Gasteiger partial charge is 0.479 e. The number of carboxylic acid groups (broad SMARTS) is 1. The van der Waals surface area contributed by atoms with Gasteiger partial charge in [0.15, 0.2) is 5.54 Å². The molecule has 0 aliphatic heterocycles. The molecule has 0 aliphatic rings. The maximum Gasteiger partial charge on any atom is 0.333 e. The van der Waals surface area contributed by atoms with Crippen LogP contribution in [0.5, 0.6) is 0 Å². The molecule has 0 aromatic heterocycles. The van der Waals surface area contributed by atoms with Gasteiger partial charge in [-0.05, 0) is 49.7 Å². The summed E-state index contributed by atoms with van der Waals surface area (Å²) >= 11 is 12.1. The molecule has 5 heteroatoms. The van der Waals surface area contributed by atoms with Gasteiger partial charge >= 0.3 is 5.97 Å². The Labute approximate surface area is 133 Å². The number of aliphatic carboxylic acids is 1. The first kappa shape index (κ1) is 15.7. The third-order valence-corrected chi connectivity index (χ3v) is 3.87. The Kier molecular flexibility index (Phi) is 4.45. The summed E-state index contributed by atoms with van der Waals surface area (Å²) < 4.78 is 0. The topological polar surface area (TPSA) is 49.3 Å². The molecule has 1 atom stereocenters. The van der Waals surface area contributed by atoms with Gasteiger partial charge in [-0.2, -0.15) is 0 Å². The summed E-state index contributed by atoms with van der Waals surface area (Å²) in [5.41, 5.74) is 0.780. The van der Waals surface area contributed by atoms with Crippen LogP contribution in [0.2, 0.25) is 10.0 Å². The van der Waals surface area contributed by atoms with Crippen LogP contribution in [-0.2, 0) is 10.3 Å². The molecular weight excluding hydrogens is 309 g/mol. The lowest BCUT2D eigenvalue weighted by Crippen LogP contribution is -2.40. The van der Waals surface area contributed by atoms with Crippen LogP contribution in [0.4, 0.5) is 5.69 Å². The SMILES string of the molecule is Cc1cccc(NC(C)(C(=O)O)c2cc(Cl)ccc2Cl)c1. The van der Waals surface area contributed by atoms with Crippen molar-refractivity contribution in [2.75, 3.05) is 5.32 Å². The Bertz CT molecular complexity index is 688. The first-order valence-corrected chi connectivity index (χ1v) is 7.12. The number of rotatable bonds is 4. The fourth-order valence-electron chi connectivity index (χ4n) is 2.13. The Hall–Kier alpha value is -1.71. The van der Waals surface area contributed by atoms with Gasteiger partial charge in [0.05, 0.1) is 0 Å². The minimum absolute atomic E-state index is 0.351. The van der Waals surface area contributed by atoms with Gasteiger partial charge in [-0.25, -0.2) is 4.79 Å². The standard InChI is InChI=1S/C16H15Cl2NO2/c1-10-4-3-5-12(8-10)19-16(2,15(20)21)13-9-11(17)6-7-14(13)18/h3-9,19H,1-2H3,(H,20,21). The Balaban J connectivity index is 2.50. The summed E-state index contributed by atoms with van der Waals surface area (Å²) in [6.07, 6.45) is 0. The van der Waals surface area contributed by atoms with E-state index in [2.05, 4.69) is 5.32 Å². The molecule has 0 fully saturated rings. The minimum atomic E-state index is -1.38. The maximum absolute atomic E-state index is 11.8. The molecule has 21 heavy (non-hydrogen) atoms. The second-order valence-electron chi connectivity index (χ2n) is 5.05. The quantitative estimate of drug-likeness (QED) is 0.856. The van der Waals surface area contributed by atoms with Crippen LogP contribution < -0.4 is 5.32 Å². The van der Waals surface area contributed by atoms with E-state index in [4.69, 9.17) is 23.2 Å². The highest BCUT2D eigenvalue weighted by Crippen LogP contribution is 2.34. The molecule has 0 spiro atoms. The third kappa shape index (κ3) is 3.31. The van der Waals surface area contributed by atoms with Crippen LogP contribution in [0.15, 0.2) is 42.5 Å². The van der Waals surface area contributed by atoms with Crippen molar-refractivity contribution < 1.29 is 9.90 Å². The summed E-state index contributed by atoms with van der Waals surface area (Å²) in [7, 11) is 0. The van der Waals surface area contributed by atoms with Gasteiger partial charge in [0.1, 0.15) is 0 Å². The average Bonchev–Trinajstić information content (AvgIpc) is 2.41. The van der Waals surface area contributed by atoms with E-state index in [1.54, 1.807) is 25.1 Å². The number of aryl methyl sites for hydroxylation is 1. The van der Waals surface area contributed by atoms with E-state index in [9.17, 15) is 9.90 Å². The molecule has 3 nitrogen and oxygen atoms in total. The van der Waals surface area contributed by atoms with E-state index < -0.39 is 11.5 Å². The van der Waals surface area contributed by atoms with Gasteiger partial charge in [0, 0.05) is 21.3 Å². The number of hydrogen-bond donors (Lipinski definition) is 2. The Morgan fingerprint density at radius 3 is 2.52 bits per heavy atom. The average molecular weight is 324 g/mol. The zero-order valence-electron chi connectivity index (χ0n) is 11.7. The van der Waals surface area contributed by atoms with Gasteiger partial charge in [0.25, 0.3) is 0 Å². The molecule has 0 saturated heterocycles. The van der Waals surface area contributed by atoms with Gasteiger partial charge in [-0.3, -0.25) is 0 Å². The van der Waals surface area contributed by atoms with Gasteiger partial charge < -0.3 is 10.4 Å². The predicted octanol–water partition coefficient (Wildman–Crippen LogP) is 4.71. The summed E-state index contributed by atoms with van der Waals surface area (Å²) in [6.45, 7) is 3.50. The highest BCUT2D eigenvalue weighted by Gasteiger charge is 2.37. The second-order valence-corrected chi connectivity index (χ2v) is 5.89. The molecule has 0 radical (unpaired) electrons. The van der Waals surface area contributed by atoms with Gasteiger partial charge in [0.2, 0.25) is 0 Å². The van der Waals surface area contributed by atoms with Crippen molar-refractivity contribution in [3.63, 3.8) is 0 Å². The van der Waals surface area contributed by atoms with Crippen molar-refractivity contribution in [3.8, 4) is 0 Å². The number of nitrogens with one attached hydrogen (secondary N) is 1. The normalized spacial score (nSPS) is 13.5. The number of carboxylic acids is 1. The molecule has 2 rings (SSSR count). The van der Waals surface area contributed by atoms with Crippen molar-refractivity contribution in [2.24, 2.45) is 0 Å². The van der Waals surface area contributed by atoms with Crippen LogP contribution >= 0.6 is 23.2 Å². The fraction of sp³-hybridized carbons (Fsp3) is 0.188. The predicted molar refractivity (Wildman–Crippen MR) is 86.3 cm³/mol. The highest BCUT2D eigenvalue weighted by molar-refractivity contribution is 6.34. The van der Waals surface area contributed by atoms with E-state index in [1.165, 1.54) is 0 Å². The fourth-order valence-corrected chi connectivity index (χ4v) is 2.61. The van der Waals surface area contributed by atoms with Crippen molar-refractivity contribution in [3.05, 3.63) is 63.6 Å². The number of benzene rings is 2. The van der Waals surface area contributed by atoms with Crippen LogP contribution in [0.25, 0.3) is 0 Å². The molecule has 1 unspecified atom stereocenters. The Morgan fingerprint density at radius 2 is 1.90 bits per heavy atom. The lowest BCUT2D eigenvalue weighted by atomic mass is 9.91. The monoisotopic (exact) mass is 323 g/mol. The second kappa shape index (κ2) is 5.96. The highest BCUT2D eigenvalue weighted by atomic mass is 35.5. The van der Waals surface area contributed by atoms with E-state index in [-0.39, 0.29) is 0 Å². The minimum Gasteiger partial charge on any atom is -0.479 e. The van der Waals surface area contributed by atoms with Crippen molar-refractivity contribution in [2.45, 2.75) is 19.4 Å². The lowest BCUT2D eigenvalue weighted by Gasteiger charge is -2.29. The van der Waals surface area contributed by atoms with E-state index in [1.807, 2.05) is 31.2 Å². The molecule has 2 aromatic rings. The van der Waals surface area contributed by atoms with Crippen LogP contribution in [-0.4, -0.2) is 11.1 Å². The maximum atomic E-state index is 11.8. The molecule has 0 amide bonds. The molecule has 0 saturated carbocycles. The summed E-state index contributed by atoms with van der Waals surface area (Å²) in [4.78, 5) is 11.8. The number of anilines is 1. The van der Waals surface area contributed by atoms with Gasteiger partial charge in [-0.1, -0.05) is 35.3 Å². The third-order valence-electron chi connectivity index (χ3n) is 3.31. The van der Waals surface area contributed by atoms with Crippen LogP contribution in [0.3, 0.4) is 0 Å².